The summed E-state index contributed by atoms with van der Waals surface area (Å²) in [7, 11) is 0. The van der Waals surface area contributed by atoms with Crippen LogP contribution in [-0.4, -0.2) is 37.2 Å². The summed E-state index contributed by atoms with van der Waals surface area (Å²) in [6.07, 6.45) is 79.6. The number of esters is 3. The topological polar surface area (TPSA) is 78.9 Å². The van der Waals surface area contributed by atoms with Gasteiger partial charge in [-0.1, -0.05) is 256 Å². The molecule has 0 aromatic carbocycles. The van der Waals surface area contributed by atoms with E-state index in [9.17, 15) is 14.4 Å². The number of rotatable bonds is 47. The second-order valence-corrected chi connectivity index (χ2v) is 17.6. The second-order valence-electron chi connectivity index (χ2n) is 17.6. The Balaban J connectivity index is 4.56. The summed E-state index contributed by atoms with van der Waals surface area (Å²) >= 11 is 0. The molecule has 1 unspecified atom stereocenters. The van der Waals surface area contributed by atoms with Crippen molar-refractivity contribution in [3.63, 3.8) is 0 Å². The van der Waals surface area contributed by atoms with Crippen LogP contribution in [0.5, 0.6) is 0 Å². The maximum Gasteiger partial charge on any atom is 0.306 e. The Kier molecular flexibility index (Phi) is 52.1. The SMILES string of the molecule is CC\C=C/C=C\C=C/C=C\C=C\C=C/C=C\CCCCCC(=O)OCC(COC(=O)CCCCCCC\C=C/C=C\C=C/C=C\CC)OC(=O)CCCCCCCCC/C=C\CCCCCCCC. The van der Waals surface area contributed by atoms with E-state index in [4.69, 9.17) is 14.2 Å². The van der Waals surface area contributed by atoms with Crippen LogP contribution in [0.4, 0.5) is 0 Å². The maximum atomic E-state index is 12.8. The molecule has 0 aliphatic heterocycles. The number of carbonyl (C=O) groups is 3. The Hall–Kier alpha value is -4.71. The van der Waals surface area contributed by atoms with Crippen molar-refractivity contribution >= 4 is 17.9 Å². The third-order valence-electron chi connectivity index (χ3n) is 11.1. The third-order valence-corrected chi connectivity index (χ3v) is 11.1. The van der Waals surface area contributed by atoms with Gasteiger partial charge in [0, 0.05) is 19.3 Å². The van der Waals surface area contributed by atoms with Crippen LogP contribution in [0.25, 0.3) is 0 Å². The van der Waals surface area contributed by atoms with Crippen molar-refractivity contribution in [3.05, 3.63) is 146 Å². The quantitative estimate of drug-likeness (QED) is 0.0199. The number of hydrogen-bond acceptors (Lipinski definition) is 6. The fraction of sp³-hybridized carbons (Fsp3) is 0.571. The number of allylic oxidation sites excluding steroid dienone is 24. The Morgan fingerprint density at radius 3 is 0.942 bits per heavy atom. The van der Waals surface area contributed by atoms with Crippen LogP contribution in [0.1, 0.15) is 213 Å². The van der Waals surface area contributed by atoms with Crippen LogP contribution in [0.3, 0.4) is 0 Å². The zero-order valence-corrected chi connectivity index (χ0v) is 44.0. The van der Waals surface area contributed by atoms with Crippen molar-refractivity contribution in [1.82, 2.24) is 0 Å². The first-order valence-corrected chi connectivity index (χ1v) is 27.5. The smallest absolute Gasteiger partial charge is 0.306 e. The highest BCUT2D eigenvalue weighted by Gasteiger charge is 2.19. The third kappa shape index (κ3) is 54.1. The molecule has 386 valence electrons. The molecule has 0 N–H and O–H groups in total. The van der Waals surface area contributed by atoms with Gasteiger partial charge in [0.1, 0.15) is 13.2 Å². The van der Waals surface area contributed by atoms with Crippen LogP contribution in [0, 0.1) is 0 Å². The van der Waals surface area contributed by atoms with E-state index in [-0.39, 0.29) is 31.1 Å². The van der Waals surface area contributed by atoms with Gasteiger partial charge in [0.15, 0.2) is 6.10 Å². The van der Waals surface area contributed by atoms with Crippen molar-refractivity contribution < 1.29 is 28.6 Å². The van der Waals surface area contributed by atoms with Crippen LogP contribution < -0.4 is 0 Å². The van der Waals surface area contributed by atoms with E-state index >= 15 is 0 Å². The zero-order valence-electron chi connectivity index (χ0n) is 44.0. The fourth-order valence-corrected chi connectivity index (χ4v) is 7.02. The second kappa shape index (κ2) is 55.9. The monoisotopic (exact) mass is 951 g/mol. The standard InChI is InChI=1S/C63H98O6/c1-4-7-10-13-16-19-22-25-28-30-31-33-35-38-41-44-47-50-53-56-62(65)68-59-60(58-67-61(64)55-52-49-46-43-40-37-34-27-24-21-18-15-12-9-6-3)69-63(66)57-54-51-48-45-42-39-36-32-29-26-23-20-17-14-11-8-5-2/h7,9-10,12-13,15-16,18-19,21-22,24-31,33-35,38,41,60H,4-6,8,11,14,17,20,23,32,36-37,39-40,42-59H2,1-3H3/b10-7-,12-9-,16-13-,18-15-,22-19-,24-21-,28-25-,29-26-,31-30+,34-27-,35-33-,41-38-. The van der Waals surface area contributed by atoms with Gasteiger partial charge in [-0.15, -0.1) is 0 Å². The van der Waals surface area contributed by atoms with Crippen molar-refractivity contribution in [3.8, 4) is 0 Å². The molecule has 0 heterocycles. The van der Waals surface area contributed by atoms with Gasteiger partial charge in [-0.2, -0.15) is 0 Å². The predicted octanol–water partition coefficient (Wildman–Crippen LogP) is 18.4. The molecule has 0 spiro atoms. The highest BCUT2D eigenvalue weighted by Crippen LogP contribution is 2.14. The highest BCUT2D eigenvalue weighted by molar-refractivity contribution is 5.71. The van der Waals surface area contributed by atoms with E-state index in [1.54, 1.807) is 0 Å². The summed E-state index contributed by atoms with van der Waals surface area (Å²) < 4.78 is 16.8. The van der Waals surface area contributed by atoms with Gasteiger partial charge in [-0.25, -0.2) is 0 Å². The van der Waals surface area contributed by atoms with E-state index in [0.29, 0.717) is 19.3 Å². The average Bonchev–Trinajstić information content (AvgIpc) is 3.35. The summed E-state index contributed by atoms with van der Waals surface area (Å²) in [5, 5.41) is 0. The minimum absolute atomic E-state index is 0.113. The largest absolute Gasteiger partial charge is 0.462 e. The molecule has 0 rings (SSSR count). The average molecular weight is 951 g/mol. The summed E-state index contributed by atoms with van der Waals surface area (Å²) in [4.78, 5) is 38.1. The molecule has 69 heavy (non-hydrogen) atoms. The van der Waals surface area contributed by atoms with Crippen LogP contribution in [0.15, 0.2) is 146 Å². The molecule has 0 aliphatic carbocycles. The molecular weight excluding hydrogens is 853 g/mol. The first-order chi connectivity index (χ1) is 34.0. The number of unbranched alkanes of at least 4 members (excludes halogenated alkanes) is 21. The minimum Gasteiger partial charge on any atom is -0.462 e. The lowest BCUT2D eigenvalue weighted by Gasteiger charge is -2.18. The molecule has 0 fully saturated rings. The minimum atomic E-state index is -0.816. The van der Waals surface area contributed by atoms with Crippen LogP contribution >= 0.6 is 0 Å². The van der Waals surface area contributed by atoms with Gasteiger partial charge in [0.2, 0.25) is 0 Å². The number of carbonyl (C=O) groups excluding carboxylic acids is 3. The molecule has 6 heteroatoms. The van der Waals surface area contributed by atoms with E-state index in [0.717, 1.165) is 96.3 Å². The number of ether oxygens (including phenoxy) is 3. The lowest BCUT2D eigenvalue weighted by molar-refractivity contribution is -0.167. The summed E-state index contributed by atoms with van der Waals surface area (Å²) in [6, 6.07) is 0. The van der Waals surface area contributed by atoms with Gasteiger partial charge in [-0.05, 0) is 83.5 Å². The van der Waals surface area contributed by atoms with Gasteiger partial charge >= 0.3 is 17.9 Å². The lowest BCUT2D eigenvalue weighted by Crippen LogP contribution is -2.30. The molecule has 6 nitrogen and oxygen atoms in total. The number of hydrogen-bond donors (Lipinski definition) is 0. The molecule has 0 aromatic heterocycles. The molecule has 0 amide bonds. The predicted molar refractivity (Wildman–Crippen MR) is 297 cm³/mol. The van der Waals surface area contributed by atoms with Gasteiger partial charge in [-0.3, -0.25) is 14.4 Å². The van der Waals surface area contributed by atoms with Crippen LogP contribution in [-0.2, 0) is 28.6 Å². The molecule has 0 radical (unpaired) electrons. The highest BCUT2D eigenvalue weighted by atomic mass is 16.6. The lowest BCUT2D eigenvalue weighted by atomic mass is 10.1. The van der Waals surface area contributed by atoms with Gasteiger partial charge in [0.25, 0.3) is 0 Å². The molecule has 0 aliphatic rings. The van der Waals surface area contributed by atoms with E-state index in [1.165, 1.54) is 77.0 Å². The summed E-state index contributed by atoms with van der Waals surface area (Å²) in [5.41, 5.74) is 0. The van der Waals surface area contributed by atoms with Crippen molar-refractivity contribution in [2.24, 2.45) is 0 Å². The van der Waals surface area contributed by atoms with Crippen molar-refractivity contribution in [1.29, 1.82) is 0 Å². The molecular formula is C63H98O6. The zero-order chi connectivity index (χ0) is 50.0. The molecule has 0 bridgehead atoms. The first-order valence-electron chi connectivity index (χ1n) is 27.5. The van der Waals surface area contributed by atoms with E-state index < -0.39 is 6.10 Å². The summed E-state index contributed by atoms with van der Waals surface area (Å²) in [5.74, 6) is -0.992. The van der Waals surface area contributed by atoms with E-state index in [1.807, 2.05) is 97.2 Å². The van der Waals surface area contributed by atoms with Crippen molar-refractivity contribution in [2.45, 2.75) is 219 Å². The fourth-order valence-electron chi connectivity index (χ4n) is 7.02. The van der Waals surface area contributed by atoms with E-state index in [2.05, 4.69) is 69.4 Å². The first kappa shape index (κ1) is 64.3. The molecule has 0 saturated heterocycles. The van der Waals surface area contributed by atoms with Gasteiger partial charge < -0.3 is 14.2 Å². The van der Waals surface area contributed by atoms with Crippen LogP contribution in [0.2, 0.25) is 0 Å². The van der Waals surface area contributed by atoms with Gasteiger partial charge in [0.05, 0.1) is 0 Å². The Morgan fingerprint density at radius 2 is 0.580 bits per heavy atom. The van der Waals surface area contributed by atoms with Crippen molar-refractivity contribution in [2.75, 3.05) is 13.2 Å². The normalized spacial score (nSPS) is 13.3. The Morgan fingerprint density at radius 1 is 0.304 bits per heavy atom. The Bertz CT molecular complexity index is 1560. The molecule has 0 aromatic rings. The molecule has 0 saturated carbocycles. The summed E-state index contributed by atoms with van der Waals surface area (Å²) in [6.45, 7) is 6.27. The maximum absolute atomic E-state index is 12.8. The molecule has 1 atom stereocenters. The Labute approximate surface area is 423 Å².